The zero-order valence-electron chi connectivity index (χ0n) is 9.09. The number of carboxylic acid groups (broad SMARTS) is 1. The molecule has 1 aliphatic rings. The molecular formula is C11H14N2O2S. The fourth-order valence-electron chi connectivity index (χ4n) is 1.75. The third-order valence-corrected chi connectivity index (χ3v) is 3.91. The number of nitrogens with zero attached hydrogens (tertiary/aromatic N) is 2. The Hall–Kier alpha value is -1.23. The predicted octanol–water partition coefficient (Wildman–Crippen LogP) is 1.72. The van der Waals surface area contributed by atoms with Gasteiger partial charge in [-0.05, 0) is 24.3 Å². The van der Waals surface area contributed by atoms with Crippen molar-refractivity contribution in [3.63, 3.8) is 0 Å². The highest BCUT2D eigenvalue weighted by atomic mass is 32.2. The van der Waals surface area contributed by atoms with Crippen LogP contribution >= 0.6 is 11.8 Å². The largest absolute Gasteiger partial charge is 0.477 e. The number of rotatable bonds is 3. The van der Waals surface area contributed by atoms with Gasteiger partial charge in [-0.25, -0.2) is 9.78 Å². The van der Waals surface area contributed by atoms with Crippen LogP contribution in [0.2, 0.25) is 0 Å². The molecule has 1 N–H and O–H groups in total. The maximum Gasteiger partial charge on any atom is 0.354 e. The van der Waals surface area contributed by atoms with Crippen molar-refractivity contribution in [3.8, 4) is 0 Å². The van der Waals surface area contributed by atoms with E-state index in [0.717, 1.165) is 18.0 Å². The van der Waals surface area contributed by atoms with Gasteiger partial charge in [0.15, 0.2) is 5.69 Å². The summed E-state index contributed by atoms with van der Waals surface area (Å²) in [5.41, 5.74) is 0.106. The average molecular weight is 238 g/mol. The molecule has 5 heteroatoms. The molecule has 1 saturated heterocycles. The number of aromatic nitrogens is 1. The number of thioether (sulfide) groups is 1. The van der Waals surface area contributed by atoms with Gasteiger partial charge in [0.05, 0.1) is 0 Å². The van der Waals surface area contributed by atoms with Gasteiger partial charge in [-0.3, -0.25) is 0 Å². The molecule has 1 aromatic rings. The number of carbonyl (C=O) groups is 1. The Morgan fingerprint density at radius 3 is 3.06 bits per heavy atom. The third kappa shape index (κ3) is 2.29. The first-order valence-corrected chi connectivity index (χ1v) is 6.35. The third-order valence-electron chi connectivity index (χ3n) is 2.77. The van der Waals surface area contributed by atoms with E-state index in [1.165, 1.54) is 11.8 Å². The number of hydrogen-bond donors (Lipinski definition) is 1. The fourth-order valence-corrected chi connectivity index (χ4v) is 3.02. The van der Waals surface area contributed by atoms with Crippen molar-refractivity contribution in [2.45, 2.75) is 12.5 Å². The van der Waals surface area contributed by atoms with Gasteiger partial charge < -0.3 is 10.0 Å². The van der Waals surface area contributed by atoms with Crippen molar-refractivity contribution in [1.82, 2.24) is 4.98 Å². The van der Waals surface area contributed by atoms with Crippen LogP contribution in [0.3, 0.4) is 0 Å². The van der Waals surface area contributed by atoms with Gasteiger partial charge >= 0.3 is 5.97 Å². The molecule has 1 atom stereocenters. The van der Waals surface area contributed by atoms with Gasteiger partial charge in [0, 0.05) is 18.8 Å². The Balaban J connectivity index is 2.18. The molecule has 86 valence electrons. The molecule has 0 amide bonds. The molecule has 1 fully saturated rings. The highest BCUT2D eigenvalue weighted by Crippen LogP contribution is 2.24. The van der Waals surface area contributed by atoms with Crippen LogP contribution in [0.15, 0.2) is 18.2 Å². The van der Waals surface area contributed by atoms with E-state index in [-0.39, 0.29) is 5.69 Å². The summed E-state index contributed by atoms with van der Waals surface area (Å²) in [6, 6.07) is 5.59. The zero-order valence-corrected chi connectivity index (χ0v) is 9.91. The lowest BCUT2D eigenvalue weighted by Gasteiger charge is -2.24. The van der Waals surface area contributed by atoms with E-state index >= 15 is 0 Å². The zero-order chi connectivity index (χ0) is 11.5. The van der Waals surface area contributed by atoms with E-state index in [9.17, 15) is 4.79 Å². The van der Waals surface area contributed by atoms with Crippen LogP contribution in [0, 0.1) is 0 Å². The first-order chi connectivity index (χ1) is 7.68. The number of pyridine rings is 1. The highest BCUT2D eigenvalue weighted by molar-refractivity contribution is 7.99. The fraction of sp³-hybridized carbons (Fsp3) is 0.455. The summed E-state index contributed by atoms with van der Waals surface area (Å²) in [5.74, 6) is 2.03. The number of anilines is 1. The van der Waals surface area contributed by atoms with Crippen molar-refractivity contribution >= 4 is 23.5 Å². The predicted molar refractivity (Wildman–Crippen MR) is 65.3 cm³/mol. The molecule has 4 nitrogen and oxygen atoms in total. The van der Waals surface area contributed by atoms with Gasteiger partial charge in [-0.1, -0.05) is 6.07 Å². The molecule has 0 bridgehead atoms. The summed E-state index contributed by atoms with van der Waals surface area (Å²) in [6.07, 6.45) is 1.14. The van der Waals surface area contributed by atoms with Gasteiger partial charge in [-0.15, -0.1) is 0 Å². The van der Waals surface area contributed by atoms with Gasteiger partial charge in [0.2, 0.25) is 0 Å². The van der Waals surface area contributed by atoms with E-state index in [0.29, 0.717) is 6.04 Å². The normalized spacial score (nSPS) is 19.7. The lowest BCUT2D eigenvalue weighted by molar-refractivity contribution is 0.0690. The molecule has 2 heterocycles. The summed E-state index contributed by atoms with van der Waals surface area (Å²) in [7, 11) is 1.98. The lowest BCUT2D eigenvalue weighted by atomic mass is 10.2. The Morgan fingerprint density at radius 1 is 1.62 bits per heavy atom. The minimum atomic E-state index is -0.976. The van der Waals surface area contributed by atoms with E-state index < -0.39 is 5.97 Å². The molecule has 0 aliphatic carbocycles. The van der Waals surface area contributed by atoms with Crippen LogP contribution in [-0.2, 0) is 0 Å². The second-order valence-corrected chi connectivity index (χ2v) is 4.96. The van der Waals surface area contributed by atoms with Crippen LogP contribution in [0.1, 0.15) is 16.9 Å². The van der Waals surface area contributed by atoms with Crippen molar-refractivity contribution in [1.29, 1.82) is 0 Å². The van der Waals surface area contributed by atoms with Crippen molar-refractivity contribution in [2.75, 3.05) is 23.5 Å². The molecule has 1 aromatic heterocycles. The SMILES string of the molecule is CN(c1cccc(C(=O)O)n1)C1CCSC1. The standard InChI is InChI=1S/C11H14N2O2S/c1-13(8-5-6-16-7-8)10-4-2-3-9(12-10)11(14)15/h2-4,8H,5-7H2,1H3,(H,14,15). The van der Waals surface area contributed by atoms with E-state index in [2.05, 4.69) is 9.88 Å². The highest BCUT2D eigenvalue weighted by Gasteiger charge is 2.21. The van der Waals surface area contributed by atoms with Gasteiger partial charge in [0.25, 0.3) is 0 Å². The Kier molecular flexibility index (Phi) is 3.33. The molecule has 2 rings (SSSR count). The van der Waals surface area contributed by atoms with Crippen molar-refractivity contribution in [3.05, 3.63) is 23.9 Å². The van der Waals surface area contributed by atoms with E-state index in [1.807, 2.05) is 24.9 Å². The minimum absolute atomic E-state index is 0.106. The molecule has 0 aromatic carbocycles. The van der Waals surface area contributed by atoms with Crippen LogP contribution in [0.25, 0.3) is 0 Å². The van der Waals surface area contributed by atoms with Gasteiger partial charge in [0.1, 0.15) is 5.82 Å². The van der Waals surface area contributed by atoms with Gasteiger partial charge in [-0.2, -0.15) is 11.8 Å². The second kappa shape index (κ2) is 4.74. The molecule has 0 saturated carbocycles. The topological polar surface area (TPSA) is 53.4 Å². The second-order valence-electron chi connectivity index (χ2n) is 3.81. The molecule has 1 unspecified atom stereocenters. The van der Waals surface area contributed by atoms with E-state index in [4.69, 9.17) is 5.11 Å². The molecular weight excluding hydrogens is 224 g/mol. The molecule has 1 aliphatic heterocycles. The average Bonchev–Trinajstić information content (AvgIpc) is 2.81. The maximum absolute atomic E-state index is 10.8. The molecule has 0 spiro atoms. The van der Waals surface area contributed by atoms with Crippen LogP contribution in [0.5, 0.6) is 0 Å². The van der Waals surface area contributed by atoms with Crippen molar-refractivity contribution < 1.29 is 9.90 Å². The smallest absolute Gasteiger partial charge is 0.354 e. The first-order valence-electron chi connectivity index (χ1n) is 5.19. The Labute approximate surface area is 98.7 Å². The summed E-state index contributed by atoms with van der Waals surface area (Å²) < 4.78 is 0. The minimum Gasteiger partial charge on any atom is -0.477 e. The quantitative estimate of drug-likeness (QED) is 0.869. The number of aromatic carboxylic acids is 1. The Morgan fingerprint density at radius 2 is 2.44 bits per heavy atom. The summed E-state index contributed by atoms with van der Waals surface area (Å²) in [4.78, 5) is 17.0. The molecule has 16 heavy (non-hydrogen) atoms. The van der Waals surface area contributed by atoms with E-state index in [1.54, 1.807) is 6.07 Å². The van der Waals surface area contributed by atoms with Crippen LogP contribution < -0.4 is 4.90 Å². The maximum atomic E-state index is 10.8. The monoisotopic (exact) mass is 238 g/mol. The van der Waals surface area contributed by atoms with Crippen LogP contribution in [0.4, 0.5) is 5.82 Å². The lowest BCUT2D eigenvalue weighted by Crippen LogP contribution is -2.32. The summed E-state index contributed by atoms with van der Waals surface area (Å²) in [6.45, 7) is 0. The molecule has 0 radical (unpaired) electrons. The first kappa shape index (κ1) is 11.3. The summed E-state index contributed by atoms with van der Waals surface area (Å²) >= 11 is 1.93. The van der Waals surface area contributed by atoms with Crippen molar-refractivity contribution in [2.24, 2.45) is 0 Å². The summed E-state index contributed by atoms with van der Waals surface area (Å²) in [5, 5.41) is 8.87. The Bertz CT molecular complexity index is 391. The number of carboxylic acids is 1. The van der Waals surface area contributed by atoms with Crippen LogP contribution in [-0.4, -0.2) is 40.7 Å². The number of hydrogen-bond acceptors (Lipinski definition) is 4.